The van der Waals surface area contributed by atoms with Crippen LogP contribution in [0, 0.1) is 0 Å². The van der Waals surface area contributed by atoms with Crippen molar-refractivity contribution >= 4 is 0 Å². The van der Waals surface area contributed by atoms with Crippen LogP contribution in [0.1, 0.15) is 43.5 Å². The van der Waals surface area contributed by atoms with Crippen LogP contribution in [0.3, 0.4) is 0 Å². The van der Waals surface area contributed by atoms with Gasteiger partial charge in [0.25, 0.3) is 0 Å². The van der Waals surface area contributed by atoms with E-state index < -0.39 is 0 Å². The third-order valence-electron chi connectivity index (χ3n) is 2.89. The molecular weight excluding hydrogens is 188 g/mol. The number of hydrogen-bond acceptors (Lipinski definition) is 3. The summed E-state index contributed by atoms with van der Waals surface area (Å²) in [6.45, 7) is 3.76. The highest BCUT2D eigenvalue weighted by molar-refractivity contribution is 5.17. The lowest BCUT2D eigenvalue weighted by Gasteiger charge is -2.10. The molecule has 1 fully saturated rings. The molecule has 1 aromatic heterocycles. The van der Waals surface area contributed by atoms with E-state index >= 15 is 0 Å². The van der Waals surface area contributed by atoms with Crippen LogP contribution in [0.4, 0.5) is 0 Å². The summed E-state index contributed by atoms with van der Waals surface area (Å²) in [7, 11) is 0. The quantitative estimate of drug-likeness (QED) is 0.656. The second-order valence-electron chi connectivity index (χ2n) is 4.45. The topological polar surface area (TPSA) is 66.7 Å². The molecule has 0 aliphatic heterocycles. The van der Waals surface area contributed by atoms with E-state index in [1.807, 2.05) is 0 Å². The van der Waals surface area contributed by atoms with E-state index in [0.29, 0.717) is 6.04 Å². The lowest BCUT2D eigenvalue weighted by atomic mass is 10.2. The van der Waals surface area contributed by atoms with E-state index in [0.717, 1.165) is 25.4 Å². The molecule has 4 N–H and O–H groups in total. The summed E-state index contributed by atoms with van der Waals surface area (Å²) >= 11 is 0. The zero-order valence-corrected chi connectivity index (χ0v) is 9.29. The number of nitrogens with two attached hydrogens (primary N) is 1. The van der Waals surface area contributed by atoms with Gasteiger partial charge in [-0.05, 0) is 38.8 Å². The molecule has 1 saturated carbocycles. The fraction of sp³-hybridized carbons (Fsp3) is 0.727. The first-order valence-electron chi connectivity index (χ1n) is 5.77. The largest absolute Gasteiger partial charge is 0.330 e. The average molecular weight is 208 g/mol. The van der Waals surface area contributed by atoms with Crippen LogP contribution in [0.5, 0.6) is 0 Å². The van der Waals surface area contributed by atoms with Crippen LogP contribution in [0.15, 0.2) is 6.07 Å². The minimum atomic E-state index is 0.475. The Morgan fingerprint density at radius 1 is 1.67 bits per heavy atom. The van der Waals surface area contributed by atoms with E-state index in [2.05, 4.69) is 28.5 Å². The normalized spacial score (nSPS) is 18.0. The van der Waals surface area contributed by atoms with Gasteiger partial charge in [0.2, 0.25) is 0 Å². The molecule has 0 radical (unpaired) electrons. The van der Waals surface area contributed by atoms with Crippen molar-refractivity contribution in [2.24, 2.45) is 5.73 Å². The van der Waals surface area contributed by atoms with Crippen LogP contribution >= 0.6 is 0 Å². The first kappa shape index (κ1) is 10.6. The van der Waals surface area contributed by atoms with Crippen molar-refractivity contribution in [1.82, 2.24) is 15.5 Å². The maximum Gasteiger partial charge on any atom is 0.0656 e. The van der Waals surface area contributed by atoms with E-state index in [4.69, 9.17) is 5.73 Å². The van der Waals surface area contributed by atoms with Crippen molar-refractivity contribution in [2.45, 2.75) is 44.7 Å². The minimum Gasteiger partial charge on any atom is -0.330 e. The number of aromatic nitrogens is 2. The molecule has 1 unspecified atom stereocenters. The predicted molar refractivity (Wildman–Crippen MR) is 60.5 cm³/mol. The standard InChI is InChI=1S/C11H20N4/c1-8(4-5-12)13-7-10-6-11(15-14-10)9-2-3-9/h6,8-9,13H,2-5,7,12H2,1H3,(H,14,15). The predicted octanol–water partition coefficient (Wildman–Crippen LogP) is 1.11. The lowest BCUT2D eigenvalue weighted by molar-refractivity contribution is 0.515. The smallest absolute Gasteiger partial charge is 0.0656 e. The van der Waals surface area contributed by atoms with Crippen LogP contribution in [0.2, 0.25) is 0 Å². The average Bonchev–Trinajstić information content (AvgIpc) is 2.96. The summed E-state index contributed by atoms with van der Waals surface area (Å²) in [4.78, 5) is 0. The Bertz CT molecular complexity index is 303. The van der Waals surface area contributed by atoms with Crippen molar-refractivity contribution < 1.29 is 0 Å². The van der Waals surface area contributed by atoms with Gasteiger partial charge in [0.15, 0.2) is 0 Å². The second kappa shape index (κ2) is 4.77. The van der Waals surface area contributed by atoms with Gasteiger partial charge in [0, 0.05) is 24.2 Å². The maximum atomic E-state index is 5.49. The summed E-state index contributed by atoms with van der Waals surface area (Å²) in [5.41, 5.74) is 7.91. The molecule has 1 heterocycles. The fourth-order valence-electron chi connectivity index (χ4n) is 1.69. The van der Waals surface area contributed by atoms with E-state index in [1.54, 1.807) is 0 Å². The number of hydrogen-bond donors (Lipinski definition) is 3. The third-order valence-corrected chi connectivity index (χ3v) is 2.89. The first-order chi connectivity index (χ1) is 7.29. The first-order valence-corrected chi connectivity index (χ1v) is 5.77. The van der Waals surface area contributed by atoms with E-state index in [-0.39, 0.29) is 0 Å². The highest BCUT2D eigenvalue weighted by Crippen LogP contribution is 2.38. The summed E-state index contributed by atoms with van der Waals surface area (Å²) in [5, 5.41) is 10.8. The highest BCUT2D eigenvalue weighted by Gasteiger charge is 2.25. The number of nitrogens with zero attached hydrogens (tertiary/aromatic N) is 1. The molecule has 84 valence electrons. The van der Waals surface area contributed by atoms with Gasteiger partial charge in [-0.15, -0.1) is 0 Å². The Balaban J connectivity index is 1.77. The Kier molecular flexibility index (Phi) is 3.38. The second-order valence-corrected chi connectivity index (χ2v) is 4.45. The number of rotatable bonds is 6. The summed E-state index contributed by atoms with van der Waals surface area (Å²) in [5.74, 6) is 0.733. The fourth-order valence-corrected chi connectivity index (χ4v) is 1.69. The molecule has 2 rings (SSSR count). The molecule has 0 spiro atoms. The third kappa shape index (κ3) is 3.04. The number of aromatic amines is 1. The van der Waals surface area contributed by atoms with Gasteiger partial charge < -0.3 is 11.1 Å². The van der Waals surface area contributed by atoms with Crippen molar-refractivity contribution in [3.63, 3.8) is 0 Å². The number of H-pyrrole nitrogens is 1. The van der Waals surface area contributed by atoms with Crippen molar-refractivity contribution in [2.75, 3.05) is 6.54 Å². The molecule has 1 aliphatic carbocycles. The lowest BCUT2D eigenvalue weighted by Crippen LogP contribution is -2.27. The van der Waals surface area contributed by atoms with Gasteiger partial charge in [0.1, 0.15) is 0 Å². The molecule has 15 heavy (non-hydrogen) atoms. The van der Waals surface area contributed by atoms with Gasteiger partial charge in [0.05, 0.1) is 5.69 Å². The zero-order valence-electron chi connectivity index (χ0n) is 9.29. The summed E-state index contributed by atoms with van der Waals surface area (Å²) in [6, 6.07) is 2.66. The van der Waals surface area contributed by atoms with Gasteiger partial charge in [-0.3, -0.25) is 5.10 Å². The van der Waals surface area contributed by atoms with Crippen LogP contribution in [-0.2, 0) is 6.54 Å². The Morgan fingerprint density at radius 3 is 3.13 bits per heavy atom. The van der Waals surface area contributed by atoms with Crippen molar-refractivity contribution in [1.29, 1.82) is 0 Å². The van der Waals surface area contributed by atoms with Gasteiger partial charge in [-0.1, -0.05) is 0 Å². The molecule has 1 aromatic rings. The Labute approximate surface area is 90.6 Å². The number of nitrogens with one attached hydrogen (secondary N) is 2. The van der Waals surface area contributed by atoms with Crippen LogP contribution in [0.25, 0.3) is 0 Å². The molecule has 0 bridgehead atoms. The van der Waals surface area contributed by atoms with Crippen LogP contribution in [-0.4, -0.2) is 22.8 Å². The Morgan fingerprint density at radius 2 is 2.47 bits per heavy atom. The molecule has 0 aromatic carbocycles. The van der Waals surface area contributed by atoms with Crippen molar-refractivity contribution in [3.8, 4) is 0 Å². The molecule has 0 saturated heterocycles. The minimum absolute atomic E-state index is 0.475. The maximum absolute atomic E-state index is 5.49. The highest BCUT2D eigenvalue weighted by atomic mass is 15.1. The molecular formula is C11H20N4. The molecule has 4 nitrogen and oxygen atoms in total. The molecule has 4 heteroatoms. The summed E-state index contributed by atoms with van der Waals surface area (Å²) < 4.78 is 0. The van der Waals surface area contributed by atoms with Gasteiger partial charge in [-0.25, -0.2) is 0 Å². The molecule has 1 aliphatic rings. The van der Waals surface area contributed by atoms with E-state index in [9.17, 15) is 0 Å². The zero-order chi connectivity index (χ0) is 10.7. The van der Waals surface area contributed by atoms with E-state index in [1.165, 1.54) is 24.2 Å². The summed E-state index contributed by atoms with van der Waals surface area (Å²) in [6.07, 6.45) is 3.63. The monoisotopic (exact) mass is 208 g/mol. The van der Waals surface area contributed by atoms with Gasteiger partial charge in [-0.2, -0.15) is 5.10 Å². The Hall–Kier alpha value is -0.870. The molecule has 1 atom stereocenters. The van der Waals surface area contributed by atoms with Crippen molar-refractivity contribution in [3.05, 3.63) is 17.5 Å². The SMILES string of the molecule is CC(CCN)NCc1cc(C2CC2)n[nH]1. The van der Waals surface area contributed by atoms with Crippen LogP contribution < -0.4 is 11.1 Å². The molecule has 0 amide bonds. The van der Waals surface area contributed by atoms with Gasteiger partial charge >= 0.3 is 0 Å².